The normalized spacial score (nSPS) is 17.9. The van der Waals surface area contributed by atoms with Crippen molar-refractivity contribution < 1.29 is 9.52 Å². The molecule has 4 heteroatoms. The van der Waals surface area contributed by atoms with E-state index in [-0.39, 0.29) is 6.04 Å². The Morgan fingerprint density at radius 3 is 3.15 bits per heavy atom. The van der Waals surface area contributed by atoms with Gasteiger partial charge >= 0.3 is 0 Å². The molecular weight excluding hydrogens is 252 g/mol. The molecule has 3 rings (SSSR count). The van der Waals surface area contributed by atoms with Gasteiger partial charge in [0.2, 0.25) is 5.89 Å². The summed E-state index contributed by atoms with van der Waals surface area (Å²) in [4.78, 5) is 4.27. The summed E-state index contributed by atoms with van der Waals surface area (Å²) in [5.74, 6) is 1.99. The highest BCUT2D eigenvalue weighted by Crippen LogP contribution is 2.32. The summed E-state index contributed by atoms with van der Waals surface area (Å²) in [7, 11) is 0. The molecule has 0 fully saturated rings. The Morgan fingerprint density at radius 2 is 2.35 bits per heavy atom. The second-order valence-corrected chi connectivity index (χ2v) is 5.28. The number of aromatic nitrogens is 1. The number of phenols is 1. The van der Waals surface area contributed by atoms with Crippen LogP contribution in [0.1, 0.15) is 48.6 Å². The molecule has 1 aromatic carbocycles. The van der Waals surface area contributed by atoms with E-state index in [1.54, 1.807) is 12.3 Å². The second-order valence-electron chi connectivity index (χ2n) is 5.28. The van der Waals surface area contributed by atoms with Gasteiger partial charge in [0.25, 0.3) is 0 Å². The Balaban J connectivity index is 1.71. The molecule has 0 spiro atoms. The van der Waals surface area contributed by atoms with Crippen LogP contribution in [-0.2, 0) is 19.4 Å². The van der Waals surface area contributed by atoms with Gasteiger partial charge in [-0.1, -0.05) is 13.0 Å². The maximum atomic E-state index is 9.67. The predicted octanol–water partition coefficient (Wildman–Crippen LogP) is 3.11. The quantitative estimate of drug-likeness (QED) is 0.898. The fraction of sp³-hybridized carbons (Fsp3) is 0.438. The molecule has 1 aromatic heterocycles. The first-order valence-corrected chi connectivity index (χ1v) is 7.25. The van der Waals surface area contributed by atoms with Gasteiger partial charge in [-0.15, -0.1) is 0 Å². The number of hydrogen-bond donors (Lipinski definition) is 2. The largest absolute Gasteiger partial charge is 0.508 e. The Morgan fingerprint density at radius 1 is 1.45 bits per heavy atom. The Hall–Kier alpha value is -1.81. The van der Waals surface area contributed by atoms with Gasteiger partial charge in [0.15, 0.2) is 0 Å². The van der Waals surface area contributed by atoms with Gasteiger partial charge in [0.05, 0.1) is 12.7 Å². The highest BCUT2D eigenvalue weighted by molar-refractivity contribution is 5.38. The number of phenolic OH excluding ortho intramolecular Hbond substituents is 1. The molecule has 0 saturated heterocycles. The maximum absolute atomic E-state index is 9.67. The number of aryl methyl sites for hydroxylation is 2. The molecule has 1 aliphatic carbocycles. The van der Waals surface area contributed by atoms with Crippen molar-refractivity contribution in [2.24, 2.45) is 0 Å². The van der Waals surface area contributed by atoms with Gasteiger partial charge in [0.1, 0.15) is 11.5 Å². The summed E-state index contributed by atoms with van der Waals surface area (Å²) in [5.41, 5.74) is 2.53. The minimum absolute atomic E-state index is 0.267. The smallest absolute Gasteiger partial charge is 0.208 e. The van der Waals surface area contributed by atoms with Crippen LogP contribution in [0.15, 0.2) is 28.8 Å². The average Bonchev–Trinajstić information content (AvgIpc) is 2.93. The van der Waals surface area contributed by atoms with Gasteiger partial charge in [-0.3, -0.25) is 0 Å². The van der Waals surface area contributed by atoms with Gasteiger partial charge < -0.3 is 14.8 Å². The number of hydrogen-bond acceptors (Lipinski definition) is 4. The van der Waals surface area contributed by atoms with E-state index in [2.05, 4.69) is 17.2 Å². The third-order valence-electron chi connectivity index (χ3n) is 3.89. The van der Waals surface area contributed by atoms with E-state index >= 15 is 0 Å². The molecule has 0 aliphatic heterocycles. The van der Waals surface area contributed by atoms with Gasteiger partial charge in [-0.05, 0) is 42.5 Å². The highest BCUT2D eigenvalue weighted by Gasteiger charge is 2.20. The minimum atomic E-state index is 0.267. The average molecular weight is 272 g/mol. The van der Waals surface area contributed by atoms with E-state index in [4.69, 9.17) is 4.42 Å². The summed E-state index contributed by atoms with van der Waals surface area (Å²) in [6.07, 6.45) is 6.00. The first kappa shape index (κ1) is 13.2. The van der Waals surface area contributed by atoms with E-state index in [1.165, 1.54) is 17.5 Å². The van der Waals surface area contributed by atoms with Crippen molar-refractivity contribution in [1.82, 2.24) is 10.3 Å². The topological polar surface area (TPSA) is 58.3 Å². The SMILES string of the molecule is CCc1cnc(CNC2CCCc3ccc(O)cc32)o1. The van der Waals surface area contributed by atoms with Crippen LogP contribution < -0.4 is 5.32 Å². The van der Waals surface area contributed by atoms with Crippen LogP contribution in [0.5, 0.6) is 5.75 Å². The third kappa shape index (κ3) is 2.70. The van der Waals surface area contributed by atoms with Crippen molar-refractivity contribution in [3.63, 3.8) is 0 Å². The second kappa shape index (κ2) is 5.67. The van der Waals surface area contributed by atoms with E-state index in [1.807, 2.05) is 12.1 Å². The van der Waals surface area contributed by atoms with Crippen LogP contribution >= 0.6 is 0 Å². The predicted molar refractivity (Wildman–Crippen MR) is 76.5 cm³/mol. The zero-order valence-electron chi connectivity index (χ0n) is 11.7. The maximum Gasteiger partial charge on any atom is 0.208 e. The number of rotatable bonds is 4. The van der Waals surface area contributed by atoms with Gasteiger partial charge in [0, 0.05) is 12.5 Å². The van der Waals surface area contributed by atoms with Crippen molar-refractivity contribution in [3.05, 3.63) is 47.2 Å². The highest BCUT2D eigenvalue weighted by atomic mass is 16.4. The molecule has 1 unspecified atom stereocenters. The molecule has 106 valence electrons. The molecular formula is C16H20N2O2. The molecule has 0 bridgehead atoms. The molecule has 0 saturated carbocycles. The lowest BCUT2D eigenvalue weighted by molar-refractivity contribution is 0.395. The molecule has 4 nitrogen and oxygen atoms in total. The van der Waals surface area contributed by atoms with Crippen LogP contribution in [-0.4, -0.2) is 10.1 Å². The number of fused-ring (bicyclic) bond motifs is 1. The Bertz CT molecular complexity index is 592. The fourth-order valence-corrected chi connectivity index (χ4v) is 2.80. The monoisotopic (exact) mass is 272 g/mol. The summed E-state index contributed by atoms with van der Waals surface area (Å²) < 4.78 is 5.61. The molecule has 0 radical (unpaired) electrons. The van der Waals surface area contributed by atoms with E-state index in [9.17, 15) is 5.11 Å². The number of aromatic hydroxyl groups is 1. The van der Waals surface area contributed by atoms with Crippen LogP contribution in [0, 0.1) is 0 Å². The fourth-order valence-electron chi connectivity index (χ4n) is 2.80. The van der Waals surface area contributed by atoms with Crippen molar-refractivity contribution in [2.45, 2.75) is 45.2 Å². The summed E-state index contributed by atoms with van der Waals surface area (Å²) >= 11 is 0. The number of benzene rings is 1. The van der Waals surface area contributed by atoms with Gasteiger partial charge in [-0.2, -0.15) is 0 Å². The summed E-state index contributed by atoms with van der Waals surface area (Å²) in [6.45, 7) is 2.68. The van der Waals surface area contributed by atoms with Crippen molar-refractivity contribution in [3.8, 4) is 5.75 Å². The molecule has 2 aromatic rings. The minimum Gasteiger partial charge on any atom is -0.508 e. The molecule has 1 aliphatic rings. The lowest BCUT2D eigenvalue weighted by Crippen LogP contribution is -2.24. The molecule has 1 atom stereocenters. The van der Waals surface area contributed by atoms with Crippen LogP contribution in [0.25, 0.3) is 0 Å². The first-order chi connectivity index (χ1) is 9.76. The van der Waals surface area contributed by atoms with Crippen molar-refractivity contribution in [1.29, 1.82) is 0 Å². The number of oxazole rings is 1. The van der Waals surface area contributed by atoms with E-state index in [0.717, 1.165) is 30.9 Å². The van der Waals surface area contributed by atoms with E-state index in [0.29, 0.717) is 12.3 Å². The standard InChI is InChI=1S/C16H20N2O2/c1-2-13-9-18-16(20-13)10-17-15-5-3-4-11-6-7-12(19)8-14(11)15/h6-9,15,17,19H,2-5,10H2,1H3. The molecule has 2 N–H and O–H groups in total. The number of nitrogens with zero attached hydrogens (tertiary/aromatic N) is 1. The van der Waals surface area contributed by atoms with Crippen molar-refractivity contribution >= 4 is 0 Å². The Kier molecular flexibility index (Phi) is 3.74. The molecule has 1 heterocycles. The third-order valence-corrected chi connectivity index (χ3v) is 3.89. The van der Waals surface area contributed by atoms with Gasteiger partial charge in [-0.25, -0.2) is 4.98 Å². The van der Waals surface area contributed by atoms with Crippen molar-refractivity contribution in [2.75, 3.05) is 0 Å². The van der Waals surface area contributed by atoms with E-state index < -0.39 is 0 Å². The first-order valence-electron chi connectivity index (χ1n) is 7.25. The lowest BCUT2D eigenvalue weighted by Gasteiger charge is -2.26. The zero-order chi connectivity index (χ0) is 13.9. The molecule has 0 amide bonds. The molecule has 20 heavy (non-hydrogen) atoms. The number of nitrogens with one attached hydrogen (secondary N) is 1. The summed E-state index contributed by atoms with van der Waals surface area (Å²) in [5, 5.41) is 13.2. The van der Waals surface area contributed by atoms with Crippen LogP contribution in [0.3, 0.4) is 0 Å². The summed E-state index contributed by atoms with van der Waals surface area (Å²) in [6, 6.07) is 5.93. The lowest BCUT2D eigenvalue weighted by atomic mass is 9.87. The zero-order valence-corrected chi connectivity index (χ0v) is 11.7. The van der Waals surface area contributed by atoms with Crippen LogP contribution in [0.4, 0.5) is 0 Å². The van der Waals surface area contributed by atoms with Crippen LogP contribution in [0.2, 0.25) is 0 Å². The Labute approximate surface area is 118 Å².